The summed E-state index contributed by atoms with van der Waals surface area (Å²) < 4.78 is 18.6. The lowest BCUT2D eigenvalue weighted by molar-refractivity contribution is -0.165. The lowest BCUT2D eigenvalue weighted by atomic mass is 9.93. The number of piperidine rings is 1. The Labute approximate surface area is 166 Å². The molecule has 0 aromatic heterocycles. The van der Waals surface area contributed by atoms with E-state index in [1.54, 1.807) is 0 Å². The molecule has 0 radical (unpaired) electrons. The summed E-state index contributed by atoms with van der Waals surface area (Å²) in [6.07, 6.45) is 0.210. The van der Waals surface area contributed by atoms with Crippen molar-refractivity contribution in [1.29, 1.82) is 0 Å². The van der Waals surface area contributed by atoms with Gasteiger partial charge in [0.1, 0.15) is 24.6 Å². The molecular weight excluding hydrogens is 354 g/mol. The molecule has 2 aliphatic heterocycles. The van der Waals surface area contributed by atoms with Crippen LogP contribution >= 0.6 is 0 Å². The van der Waals surface area contributed by atoms with Crippen LogP contribution in [0.2, 0.25) is 0 Å². The Balaban J connectivity index is 1.56. The molecule has 2 aliphatic rings. The predicted octanol–water partition coefficient (Wildman–Crippen LogP) is 3.18. The molecule has 0 aliphatic carbocycles. The standard InChI is InChI=1S/C23H27NO4/c1-23(2)27-20-14-24(13-17-9-5-3-6-10-17)19(15-25)21(22(20)28-23)26-16-18-11-7-4-8-12-18/h3-12,15,19-22H,13-14,16H2,1-2H3/t19-,20+,21-,22-/m1/s1. The highest BCUT2D eigenvalue weighted by molar-refractivity contribution is 5.59. The lowest BCUT2D eigenvalue weighted by Gasteiger charge is -2.43. The van der Waals surface area contributed by atoms with Crippen molar-refractivity contribution in [3.8, 4) is 0 Å². The number of fused-ring (bicyclic) bond motifs is 1. The van der Waals surface area contributed by atoms with E-state index in [1.807, 2.05) is 62.4 Å². The number of ether oxygens (including phenoxy) is 3. The predicted molar refractivity (Wildman–Crippen MR) is 106 cm³/mol. The van der Waals surface area contributed by atoms with Gasteiger partial charge in [-0.15, -0.1) is 0 Å². The number of benzene rings is 2. The molecular formula is C23H27NO4. The van der Waals surface area contributed by atoms with Crippen LogP contribution in [-0.4, -0.2) is 47.9 Å². The summed E-state index contributed by atoms with van der Waals surface area (Å²) >= 11 is 0. The third kappa shape index (κ3) is 4.18. The monoisotopic (exact) mass is 381 g/mol. The highest BCUT2D eigenvalue weighted by Gasteiger charge is 2.53. The van der Waals surface area contributed by atoms with Crippen LogP contribution in [0.1, 0.15) is 25.0 Å². The highest BCUT2D eigenvalue weighted by Crippen LogP contribution is 2.37. The number of carbonyl (C=O) groups is 1. The van der Waals surface area contributed by atoms with Crippen molar-refractivity contribution in [3.63, 3.8) is 0 Å². The van der Waals surface area contributed by atoms with Crippen LogP contribution < -0.4 is 0 Å². The van der Waals surface area contributed by atoms with Gasteiger partial charge in [0, 0.05) is 13.1 Å². The van der Waals surface area contributed by atoms with Crippen molar-refractivity contribution in [2.24, 2.45) is 0 Å². The van der Waals surface area contributed by atoms with Gasteiger partial charge in [0.15, 0.2) is 5.79 Å². The maximum atomic E-state index is 12.1. The molecule has 28 heavy (non-hydrogen) atoms. The molecule has 148 valence electrons. The molecule has 0 amide bonds. The van der Waals surface area contributed by atoms with Crippen LogP contribution in [0.4, 0.5) is 0 Å². The van der Waals surface area contributed by atoms with Gasteiger partial charge < -0.3 is 19.0 Å². The first-order valence-electron chi connectivity index (χ1n) is 9.80. The minimum Gasteiger partial charge on any atom is -0.369 e. The SMILES string of the molecule is CC1(C)O[C@H]2[C@H](OCc3ccccc3)[C@@H](C=O)N(Cc3ccccc3)C[C@@H]2O1. The second-order valence-corrected chi connectivity index (χ2v) is 7.94. The van der Waals surface area contributed by atoms with Crippen molar-refractivity contribution < 1.29 is 19.0 Å². The van der Waals surface area contributed by atoms with Gasteiger partial charge in [-0.3, -0.25) is 4.90 Å². The van der Waals surface area contributed by atoms with Crippen LogP contribution in [0, 0.1) is 0 Å². The van der Waals surface area contributed by atoms with Crippen molar-refractivity contribution >= 4 is 6.29 Å². The topological polar surface area (TPSA) is 48.0 Å². The smallest absolute Gasteiger partial charge is 0.163 e. The van der Waals surface area contributed by atoms with E-state index in [0.717, 1.165) is 17.4 Å². The summed E-state index contributed by atoms with van der Waals surface area (Å²) in [6, 6.07) is 19.8. The van der Waals surface area contributed by atoms with Crippen LogP contribution in [0.25, 0.3) is 0 Å². The van der Waals surface area contributed by atoms with Gasteiger partial charge in [0.05, 0.1) is 12.6 Å². The van der Waals surface area contributed by atoms with Gasteiger partial charge in [-0.05, 0) is 25.0 Å². The first-order chi connectivity index (χ1) is 13.6. The number of rotatable bonds is 6. The Hall–Kier alpha value is -2.05. The van der Waals surface area contributed by atoms with Crippen molar-refractivity contribution in [3.05, 3.63) is 71.8 Å². The largest absolute Gasteiger partial charge is 0.369 e. The molecule has 0 saturated carbocycles. The molecule has 5 nitrogen and oxygen atoms in total. The maximum absolute atomic E-state index is 12.1. The van der Waals surface area contributed by atoms with E-state index < -0.39 is 5.79 Å². The second-order valence-electron chi connectivity index (χ2n) is 7.94. The van der Waals surface area contributed by atoms with E-state index in [0.29, 0.717) is 19.7 Å². The summed E-state index contributed by atoms with van der Waals surface area (Å²) in [4.78, 5) is 14.3. The zero-order valence-electron chi connectivity index (χ0n) is 16.4. The molecule has 0 unspecified atom stereocenters. The van der Waals surface area contributed by atoms with E-state index in [9.17, 15) is 4.79 Å². The summed E-state index contributed by atoms with van der Waals surface area (Å²) in [6.45, 7) is 5.57. The normalized spacial score (nSPS) is 29.4. The molecule has 2 heterocycles. The van der Waals surface area contributed by atoms with E-state index in [1.165, 1.54) is 0 Å². The van der Waals surface area contributed by atoms with Crippen LogP contribution in [0.15, 0.2) is 60.7 Å². The third-order valence-corrected chi connectivity index (χ3v) is 5.37. The number of nitrogens with zero attached hydrogens (tertiary/aromatic N) is 1. The van der Waals surface area contributed by atoms with E-state index >= 15 is 0 Å². The summed E-state index contributed by atoms with van der Waals surface area (Å²) in [5.74, 6) is -0.681. The van der Waals surface area contributed by atoms with Crippen molar-refractivity contribution in [2.45, 2.75) is 57.1 Å². The first kappa shape index (κ1) is 19.3. The quantitative estimate of drug-likeness (QED) is 0.720. The number of hydrogen-bond acceptors (Lipinski definition) is 5. The fraction of sp³-hybridized carbons (Fsp3) is 0.435. The van der Waals surface area contributed by atoms with Crippen LogP contribution in [0.5, 0.6) is 0 Å². The Bertz CT molecular complexity index is 780. The van der Waals surface area contributed by atoms with Gasteiger partial charge in [0.25, 0.3) is 0 Å². The molecule has 2 aromatic carbocycles. The van der Waals surface area contributed by atoms with Gasteiger partial charge in [-0.25, -0.2) is 0 Å². The van der Waals surface area contributed by atoms with Gasteiger partial charge in [0.2, 0.25) is 0 Å². The molecule has 0 N–H and O–H groups in total. The van der Waals surface area contributed by atoms with Gasteiger partial charge in [-0.2, -0.15) is 0 Å². The van der Waals surface area contributed by atoms with Crippen LogP contribution in [-0.2, 0) is 32.2 Å². The van der Waals surface area contributed by atoms with E-state index in [-0.39, 0.29) is 24.4 Å². The highest BCUT2D eigenvalue weighted by atomic mass is 16.8. The Morgan fingerprint density at radius 1 is 1.04 bits per heavy atom. The second kappa shape index (κ2) is 8.13. The minimum absolute atomic E-state index is 0.129. The molecule has 2 aromatic rings. The average Bonchev–Trinajstić information content (AvgIpc) is 3.01. The fourth-order valence-electron chi connectivity index (χ4n) is 4.15. The Morgan fingerprint density at radius 3 is 2.32 bits per heavy atom. The lowest BCUT2D eigenvalue weighted by Crippen LogP contribution is -2.61. The molecule has 5 heteroatoms. The number of aldehydes is 1. The van der Waals surface area contributed by atoms with Crippen molar-refractivity contribution in [2.75, 3.05) is 6.54 Å². The molecule has 2 fully saturated rings. The number of carbonyl (C=O) groups excluding carboxylic acids is 1. The molecule has 4 atom stereocenters. The molecule has 0 bridgehead atoms. The van der Waals surface area contributed by atoms with Gasteiger partial charge >= 0.3 is 0 Å². The van der Waals surface area contributed by atoms with Crippen molar-refractivity contribution in [1.82, 2.24) is 4.90 Å². The molecule has 0 spiro atoms. The number of hydrogen-bond donors (Lipinski definition) is 0. The Morgan fingerprint density at radius 2 is 1.68 bits per heavy atom. The average molecular weight is 381 g/mol. The molecule has 2 saturated heterocycles. The Kier molecular flexibility index (Phi) is 5.60. The summed E-state index contributed by atoms with van der Waals surface area (Å²) in [5, 5.41) is 0. The first-order valence-corrected chi connectivity index (χ1v) is 9.80. The zero-order valence-corrected chi connectivity index (χ0v) is 16.4. The van der Waals surface area contributed by atoms with Crippen LogP contribution in [0.3, 0.4) is 0 Å². The van der Waals surface area contributed by atoms with E-state index in [4.69, 9.17) is 14.2 Å². The summed E-state index contributed by atoms with van der Waals surface area (Å²) in [5.41, 5.74) is 2.23. The summed E-state index contributed by atoms with van der Waals surface area (Å²) in [7, 11) is 0. The fourth-order valence-corrected chi connectivity index (χ4v) is 4.15. The number of likely N-dealkylation sites (tertiary alicyclic amines) is 1. The molecule has 4 rings (SSSR count). The van der Waals surface area contributed by atoms with E-state index in [2.05, 4.69) is 17.0 Å². The zero-order chi connectivity index (χ0) is 19.6. The minimum atomic E-state index is -0.681. The van der Waals surface area contributed by atoms with Gasteiger partial charge in [-0.1, -0.05) is 60.7 Å². The third-order valence-electron chi connectivity index (χ3n) is 5.37. The maximum Gasteiger partial charge on any atom is 0.163 e.